The molecular formula is C17H21N5O2. The van der Waals surface area contributed by atoms with Crippen LogP contribution in [0.5, 0.6) is 0 Å². The second-order valence-electron chi connectivity index (χ2n) is 5.89. The molecule has 0 aliphatic carbocycles. The quantitative estimate of drug-likeness (QED) is 0.783. The number of aryl methyl sites for hydroxylation is 1. The molecule has 1 aliphatic rings. The van der Waals surface area contributed by atoms with Crippen LogP contribution in [0.15, 0.2) is 36.9 Å². The molecule has 0 spiro atoms. The lowest BCUT2D eigenvalue weighted by molar-refractivity contribution is -0.116. The molecule has 2 aromatic rings. The van der Waals surface area contributed by atoms with Gasteiger partial charge in [0.25, 0.3) is 0 Å². The Morgan fingerprint density at radius 3 is 3.08 bits per heavy atom. The Morgan fingerprint density at radius 2 is 2.29 bits per heavy atom. The average molecular weight is 327 g/mol. The first-order valence-electron chi connectivity index (χ1n) is 8.04. The van der Waals surface area contributed by atoms with E-state index in [0.717, 1.165) is 23.2 Å². The number of hydrogen-bond donors (Lipinski definition) is 3. The molecule has 1 aromatic heterocycles. The van der Waals surface area contributed by atoms with E-state index in [1.807, 2.05) is 35.9 Å². The first kappa shape index (κ1) is 16.0. The van der Waals surface area contributed by atoms with Gasteiger partial charge in [-0.1, -0.05) is 12.1 Å². The van der Waals surface area contributed by atoms with Gasteiger partial charge < -0.3 is 20.5 Å². The number of nitrogens with zero attached hydrogens (tertiary/aromatic N) is 2. The summed E-state index contributed by atoms with van der Waals surface area (Å²) < 4.78 is 1.90. The monoisotopic (exact) mass is 327 g/mol. The normalized spacial score (nSPS) is 14.5. The van der Waals surface area contributed by atoms with Crippen LogP contribution < -0.4 is 16.0 Å². The average Bonchev–Trinajstić information content (AvgIpc) is 3.07. The maximum atomic E-state index is 12.0. The van der Waals surface area contributed by atoms with Crippen molar-refractivity contribution in [3.8, 4) is 0 Å². The maximum absolute atomic E-state index is 12.0. The van der Waals surface area contributed by atoms with Crippen molar-refractivity contribution in [2.75, 3.05) is 11.9 Å². The molecule has 3 amide bonds. The van der Waals surface area contributed by atoms with Gasteiger partial charge in [0.15, 0.2) is 0 Å². The summed E-state index contributed by atoms with van der Waals surface area (Å²) in [5, 5.41) is 8.63. The summed E-state index contributed by atoms with van der Waals surface area (Å²) in [5.41, 5.74) is 3.00. The van der Waals surface area contributed by atoms with Crippen molar-refractivity contribution in [2.45, 2.75) is 32.4 Å². The van der Waals surface area contributed by atoms with Gasteiger partial charge in [0, 0.05) is 37.6 Å². The van der Waals surface area contributed by atoms with E-state index in [-0.39, 0.29) is 18.0 Å². The molecule has 0 unspecified atom stereocenters. The zero-order chi connectivity index (χ0) is 16.9. The molecule has 0 bridgehead atoms. The summed E-state index contributed by atoms with van der Waals surface area (Å²) in [6.07, 6.45) is 6.52. The topological polar surface area (TPSA) is 88.1 Å². The first-order chi connectivity index (χ1) is 11.6. The van der Waals surface area contributed by atoms with Crippen molar-refractivity contribution in [2.24, 2.45) is 0 Å². The summed E-state index contributed by atoms with van der Waals surface area (Å²) in [6, 6.07) is 5.57. The molecule has 3 N–H and O–H groups in total. The zero-order valence-corrected chi connectivity index (χ0v) is 13.6. The zero-order valence-electron chi connectivity index (χ0n) is 13.6. The van der Waals surface area contributed by atoms with Crippen LogP contribution in [-0.4, -0.2) is 28.0 Å². The second kappa shape index (κ2) is 7.16. The smallest absolute Gasteiger partial charge is 0.315 e. The Bertz CT molecular complexity index is 727. The molecule has 0 radical (unpaired) electrons. The highest BCUT2D eigenvalue weighted by molar-refractivity contribution is 5.93. The Hall–Kier alpha value is -2.83. The number of amides is 3. The Balaban J connectivity index is 1.51. The standard InChI is InChI=1S/C17H21N5O2/c1-12(20-17(24)19-7-9-22-8-6-18-11-22)13-2-4-15-14(10-13)3-5-16(23)21-15/h2,4,6,8,10-12H,3,5,7,9H2,1H3,(H,21,23)(H2,19,20,24)/t12-/m1/s1. The number of urea groups is 1. The van der Waals surface area contributed by atoms with Gasteiger partial charge in [-0.05, 0) is 30.5 Å². The van der Waals surface area contributed by atoms with Crippen molar-refractivity contribution in [3.05, 3.63) is 48.0 Å². The number of imidazole rings is 1. The third-order valence-electron chi connectivity index (χ3n) is 4.09. The van der Waals surface area contributed by atoms with E-state index < -0.39 is 0 Å². The van der Waals surface area contributed by atoms with E-state index >= 15 is 0 Å². The van der Waals surface area contributed by atoms with Crippen molar-refractivity contribution >= 4 is 17.6 Å². The number of fused-ring (bicyclic) bond motifs is 1. The van der Waals surface area contributed by atoms with Gasteiger partial charge >= 0.3 is 6.03 Å². The van der Waals surface area contributed by atoms with Crippen LogP contribution in [0, 0.1) is 0 Å². The number of benzene rings is 1. The molecule has 0 saturated heterocycles. The molecule has 1 atom stereocenters. The summed E-state index contributed by atoms with van der Waals surface area (Å²) in [6.45, 7) is 3.16. The Morgan fingerprint density at radius 1 is 1.42 bits per heavy atom. The van der Waals surface area contributed by atoms with Crippen LogP contribution >= 0.6 is 0 Å². The number of carbonyl (C=O) groups is 2. The Labute approximate surface area is 140 Å². The number of aromatic nitrogens is 2. The van der Waals surface area contributed by atoms with Crippen LogP contribution in [0.1, 0.15) is 30.5 Å². The highest BCUT2D eigenvalue weighted by Crippen LogP contribution is 2.26. The van der Waals surface area contributed by atoms with Crippen LogP contribution in [0.2, 0.25) is 0 Å². The van der Waals surface area contributed by atoms with Crippen LogP contribution in [0.3, 0.4) is 0 Å². The lowest BCUT2D eigenvalue weighted by atomic mass is 9.98. The summed E-state index contributed by atoms with van der Waals surface area (Å²) in [7, 11) is 0. The fourth-order valence-corrected chi connectivity index (χ4v) is 2.72. The molecule has 1 aliphatic heterocycles. The maximum Gasteiger partial charge on any atom is 0.315 e. The van der Waals surface area contributed by atoms with Crippen molar-refractivity contribution in [1.82, 2.24) is 20.2 Å². The van der Waals surface area contributed by atoms with Crippen LogP contribution in [0.25, 0.3) is 0 Å². The minimum Gasteiger partial charge on any atom is -0.336 e. The van der Waals surface area contributed by atoms with Crippen molar-refractivity contribution in [1.29, 1.82) is 0 Å². The van der Waals surface area contributed by atoms with Gasteiger partial charge in [-0.25, -0.2) is 9.78 Å². The largest absolute Gasteiger partial charge is 0.336 e. The molecular weight excluding hydrogens is 306 g/mol. The lowest BCUT2D eigenvalue weighted by Crippen LogP contribution is -2.38. The highest BCUT2D eigenvalue weighted by Gasteiger charge is 2.17. The van der Waals surface area contributed by atoms with Crippen LogP contribution in [0.4, 0.5) is 10.5 Å². The van der Waals surface area contributed by atoms with Gasteiger partial charge in [0.1, 0.15) is 0 Å². The van der Waals surface area contributed by atoms with Gasteiger partial charge in [-0.2, -0.15) is 0 Å². The summed E-state index contributed by atoms with van der Waals surface area (Å²) in [4.78, 5) is 27.3. The number of rotatable bonds is 5. The fourth-order valence-electron chi connectivity index (χ4n) is 2.72. The third-order valence-corrected chi connectivity index (χ3v) is 4.09. The summed E-state index contributed by atoms with van der Waals surface area (Å²) >= 11 is 0. The third kappa shape index (κ3) is 3.92. The van der Waals surface area contributed by atoms with E-state index in [1.54, 1.807) is 12.5 Å². The van der Waals surface area contributed by atoms with Gasteiger partial charge in [-0.15, -0.1) is 0 Å². The predicted octanol–water partition coefficient (Wildman–Crippen LogP) is 1.83. The minimum absolute atomic E-state index is 0.0543. The second-order valence-corrected chi connectivity index (χ2v) is 5.89. The number of carbonyl (C=O) groups excluding carboxylic acids is 2. The number of anilines is 1. The lowest BCUT2D eigenvalue weighted by Gasteiger charge is -2.20. The molecule has 2 heterocycles. The van der Waals surface area contributed by atoms with Crippen LogP contribution in [-0.2, 0) is 17.8 Å². The summed E-state index contributed by atoms with van der Waals surface area (Å²) in [5.74, 6) is 0.0543. The first-order valence-corrected chi connectivity index (χ1v) is 8.04. The molecule has 0 fully saturated rings. The molecule has 126 valence electrons. The van der Waals surface area contributed by atoms with E-state index in [1.165, 1.54) is 0 Å². The SMILES string of the molecule is C[C@@H](NC(=O)NCCn1ccnc1)c1ccc2c(c1)CCC(=O)N2. The minimum atomic E-state index is -0.200. The molecule has 7 heteroatoms. The highest BCUT2D eigenvalue weighted by atomic mass is 16.2. The van der Waals surface area contributed by atoms with E-state index in [0.29, 0.717) is 19.5 Å². The molecule has 7 nitrogen and oxygen atoms in total. The molecule has 24 heavy (non-hydrogen) atoms. The van der Waals surface area contributed by atoms with E-state index in [2.05, 4.69) is 20.9 Å². The van der Waals surface area contributed by atoms with E-state index in [4.69, 9.17) is 0 Å². The number of hydrogen-bond acceptors (Lipinski definition) is 3. The van der Waals surface area contributed by atoms with Crippen molar-refractivity contribution < 1.29 is 9.59 Å². The number of nitrogens with one attached hydrogen (secondary N) is 3. The van der Waals surface area contributed by atoms with E-state index in [9.17, 15) is 9.59 Å². The fraction of sp³-hybridized carbons (Fsp3) is 0.353. The Kier molecular flexibility index (Phi) is 4.79. The van der Waals surface area contributed by atoms with Gasteiger partial charge in [0.05, 0.1) is 12.4 Å². The van der Waals surface area contributed by atoms with Gasteiger partial charge in [0.2, 0.25) is 5.91 Å². The molecule has 3 rings (SSSR count). The van der Waals surface area contributed by atoms with Gasteiger partial charge in [-0.3, -0.25) is 4.79 Å². The predicted molar refractivity (Wildman–Crippen MR) is 90.6 cm³/mol. The molecule has 1 aromatic carbocycles. The molecule has 0 saturated carbocycles. The van der Waals surface area contributed by atoms with Crippen molar-refractivity contribution in [3.63, 3.8) is 0 Å².